The molecule has 0 aliphatic heterocycles. The molecule has 0 amide bonds. The van der Waals surface area contributed by atoms with E-state index in [9.17, 15) is 22.8 Å². The Bertz CT molecular complexity index is 1240. The number of hydrogen-bond acceptors (Lipinski definition) is 6. The van der Waals surface area contributed by atoms with Gasteiger partial charge in [-0.15, -0.1) is 10.2 Å². The highest BCUT2D eigenvalue weighted by atomic mass is 19.4. The molecule has 10 heteroatoms. The van der Waals surface area contributed by atoms with Gasteiger partial charge in [0, 0.05) is 11.3 Å². The molecule has 0 aliphatic carbocycles. The molecule has 1 heterocycles. The van der Waals surface area contributed by atoms with Crippen LogP contribution in [-0.2, 0) is 12.6 Å². The molecule has 3 N–H and O–H groups in total. The Balaban J connectivity index is 2.05. The van der Waals surface area contributed by atoms with Crippen molar-refractivity contribution in [2.24, 2.45) is 10.2 Å². The van der Waals surface area contributed by atoms with E-state index in [1.165, 1.54) is 6.92 Å². The number of hydrogen-bond donors (Lipinski definition) is 2. The highest BCUT2D eigenvalue weighted by Crippen LogP contribution is 2.40. The number of aryl methyl sites for hydroxylation is 1. The fourth-order valence-corrected chi connectivity index (χ4v) is 3.29. The quantitative estimate of drug-likeness (QED) is 0.276. The van der Waals surface area contributed by atoms with E-state index in [0.29, 0.717) is 11.8 Å². The predicted octanol–water partition coefficient (Wildman–Crippen LogP) is 7.50. The van der Waals surface area contributed by atoms with Crippen LogP contribution in [0, 0.1) is 24.1 Å². The van der Waals surface area contributed by atoms with Crippen LogP contribution in [0.3, 0.4) is 0 Å². The lowest BCUT2D eigenvalue weighted by Gasteiger charge is -2.14. The molecule has 6 nitrogen and oxygen atoms in total. The predicted molar refractivity (Wildman–Crippen MR) is 122 cm³/mol. The van der Waals surface area contributed by atoms with Crippen LogP contribution in [0.4, 0.5) is 46.3 Å². The first-order chi connectivity index (χ1) is 16.2. The Kier molecular flexibility index (Phi) is 7.46. The normalized spacial score (nSPS) is 11.6. The number of azo groups is 1. The molecule has 0 spiro atoms. The van der Waals surface area contributed by atoms with Crippen LogP contribution < -0.4 is 11.1 Å². The Morgan fingerprint density at radius 1 is 1.09 bits per heavy atom. The van der Waals surface area contributed by atoms with E-state index in [1.807, 2.05) is 30.3 Å². The number of benzene rings is 2. The number of nitriles is 1. The molecule has 0 unspecified atom stereocenters. The van der Waals surface area contributed by atoms with E-state index in [-0.39, 0.29) is 28.5 Å². The highest BCUT2D eigenvalue weighted by Gasteiger charge is 2.35. The number of nitrogens with two attached hydrogens (primary N) is 1. The Labute approximate surface area is 194 Å². The van der Waals surface area contributed by atoms with Gasteiger partial charge in [0.05, 0.1) is 11.1 Å². The molecule has 0 atom stereocenters. The number of pyridine rings is 1. The lowest BCUT2D eigenvalue weighted by Crippen LogP contribution is -2.06. The summed E-state index contributed by atoms with van der Waals surface area (Å²) in [5.41, 5.74) is 5.64. The molecule has 0 aliphatic rings. The summed E-state index contributed by atoms with van der Waals surface area (Å²) in [6.07, 6.45) is -1.77. The molecule has 3 rings (SSSR count). The first kappa shape index (κ1) is 24.6. The summed E-state index contributed by atoms with van der Waals surface area (Å²) in [6, 6.07) is 11.9. The zero-order valence-electron chi connectivity index (χ0n) is 18.5. The summed E-state index contributed by atoms with van der Waals surface area (Å²) in [5, 5.41) is 19.9. The molecular weight excluding hydrogens is 448 g/mol. The molecule has 0 saturated carbocycles. The van der Waals surface area contributed by atoms with Gasteiger partial charge in [-0.25, -0.2) is 9.37 Å². The van der Waals surface area contributed by atoms with Gasteiger partial charge in [0.25, 0.3) is 0 Å². The summed E-state index contributed by atoms with van der Waals surface area (Å²) in [5.74, 6) is -1.19. The number of anilines is 3. The first-order valence-corrected chi connectivity index (χ1v) is 10.5. The number of nitrogens with one attached hydrogen (secondary N) is 1. The molecule has 0 fully saturated rings. The molecule has 1 aromatic heterocycles. The SMILES string of the molecule is CCCCc1ccc(Nc2nc(N)c(C#N)c(C)c2/N=N/c2c(F)cccc2C(F)(F)F)cc1. The summed E-state index contributed by atoms with van der Waals surface area (Å²) in [7, 11) is 0. The fourth-order valence-electron chi connectivity index (χ4n) is 3.29. The van der Waals surface area contributed by atoms with Gasteiger partial charge < -0.3 is 11.1 Å². The van der Waals surface area contributed by atoms with Crippen molar-refractivity contribution in [1.82, 2.24) is 4.98 Å². The number of rotatable bonds is 7. The van der Waals surface area contributed by atoms with E-state index >= 15 is 0 Å². The van der Waals surface area contributed by atoms with Gasteiger partial charge in [-0.3, -0.25) is 0 Å². The fraction of sp³-hybridized carbons (Fsp3) is 0.250. The molecular formula is C24H22F4N6. The maximum Gasteiger partial charge on any atom is 0.418 e. The third-order valence-corrected chi connectivity index (χ3v) is 5.13. The van der Waals surface area contributed by atoms with Crippen LogP contribution in [0.15, 0.2) is 52.7 Å². The summed E-state index contributed by atoms with van der Waals surface area (Å²) in [4.78, 5) is 4.15. The number of unbranched alkanes of at least 4 members (excludes halogenated alkanes) is 1. The number of nitrogen functional groups attached to an aromatic ring is 1. The minimum Gasteiger partial charge on any atom is -0.383 e. The van der Waals surface area contributed by atoms with Crippen molar-refractivity contribution < 1.29 is 17.6 Å². The molecule has 3 aromatic rings. The van der Waals surface area contributed by atoms with Gasteiger partial charge in [-0.05, 0) is 49.6 Å². The molecule has 0 radical (unpaired) electrons. The summed E-state index contributed by atoms with van der Waals surface area (Å²) in [6.45, 7) is 3.62. The topological polar surface area (TPSA) is 99.4 Å². The van der Waals surface area contributed by atoms with Crippen LogP contribution in [0.2, 0.25) is 0 Å². The minimum atomic E-state index is -4.83. The van der Waals surface area contributed by atoms with Gasteiger partial charge in [-0.1, -0.05) is 31.5 Å². The molecule has 2 aromatic carbocycles. The molecule has 176 valence electrons. The number of halogens is 4. The number of alkyl halides is 3. The Morgan fingerprint density at radius 2 is 1.76 bits per heavy atom. The molecule has 0 saturated heterocycles. The maximum absolute atomic E-state index is 14.2. The van der Waals surface area contributed by atoms with Crippen LogP contribution in [0.25, 0.3) is 0 Å². The maximum atomic E-state index is 14.2. The summed E-state index contributed by atoms with van der Waals surface area (Å²) >= 11 is 0. The van der Waals surface area contributed by atoms with E-state index < -0.39 is 23.2 Å². The van der Waals surface area contributed by atoms with Crippen LogP contribution in [0.5, 0.6) is 0 Å². The van der Waals surface area contributed by atoms with Gasteiger partial charge in [-0.2, -0.15) is 18.4 Å². The van der Waals surface area contributed by atoms with Gasteiger partial charge >= 0.3 is 6.18 Å². The number of aromatic nitrogens is 1. The van der Waals surface area contributed by atoms with E-state index in [4.69, 9.17) is 5.73 Å². The zero-order valence-corrected chi connectivity index (χ0v) is 18.5. The van der Waals surface area contributed by atoms with E-state index in [1.54, 1.807) is 0 Å². The van der Waals surface area contributed by atoms with Gasteiger partial charge in [0.1, 0.15) is 23.3 Å². The third kappa shape index (κ3) is 5.49. The largest absolute Gasteiger partial charge is 0.418 e. The van der Waals surface area contributed by atoms with Crippen molar-refractivity contribution in [2.75, 3.05) is 11.1 Å². The van der Waals surface area contributed by atoms with E-state index in [2.05, 4.69) is 27.5 Å². The lowest BCUT2D eigenvalue weighted by molar-refractivity contribution is -0.137. The van der Waals surface area contributed by atoms with Crippen molar-refractivity contribution >= 4 is 28.7 Å². The minimum absolute atomic E-state index is 0.000933. The van der Waals surface area contributed by atoms with Gasteiger partial charge in [0.2, 0.25) is 0 Å². The second kappa shape index (κ2) is 10.3. The standard InChI is InChI=1S/C24H22F4N6/c1-3-4-6-15-9-11-16(12-10-15)31-23-20(14(2)17(13-29)22(30)32-23)33-34-21-18(24(26,27)28)7-5-8-19(21)25/h5,7-12H,3-4,6H2,1-2H3,(H3,30,31,32)/b34-33+. The van der Waals surface area contributed by atoms with Crippen LogP contribution in [0.1, 0.15) is 42.0 Å². The molecule has 34 heavy (non-hydrogen) atoms. The summed E-state index contributed by atoms with van der Waals surface area (Å²) < 4.78 is 54.2. The van der Waals surface area contributed by atoms with Crippen molar-refractivity contribution in [3.63, 3.8) is 0 Å². The van der Waals surface area contributed by atoms with Crippen molar-refractivity contribution in [3.05, 3.63) is 70.5 Å². The van der Waals surface area contributed by atoms with Gasteiger partial charge in [0.15, 0.2) is 11.6 Å². The first-order valence-electron chi connectivity index (χ1n) is 10.5. The second-order valence-corrected chi connectivity index (χ2v) is 7.57. The zero-order chi connectivity index (χ0) is 24.9. The monoisotopic (exact) mass is 470 g/mol. The Morgan fingerprint density at radius 3 is 2.38 bits per heavy atom. The van der Waals surface area contributed by atoms with Crippen LogP contribution >= 0.6 is 0 Å². The average molecular weight is 470 g/mol. The molecule has 0 bridgehead atoms. The van der Waals surface area contributed by atoms with Crippen molar-refractivity contribution in [1.29, 1.82) is 5.26 Å². The van der Waals surface area contributed by atoms with E-state index in [0.717, 1.165) is 37.0 Å². The lowest BCUT2D eigenvalue weighted by atomic mass is 10.1. The van der Waals surface area contributed by atoms with Crippen LogP contribution in [-0.4, -0.2) is 4.98 Å². The highest BCUT2D eigenvalue weighted by molar-refractivity contribution is 5.77. The Hall–Kier alpha value is -4.00. The van der Waals surface area contributed by atoms with Crippen molar-refractivity contribution in [3.8, 4) is 6.07 Å². The van der Waals surface area contributed by atoms with Crippen molar-refractivity contribution in [2.45, 2.75) is 39.3 Å². The number of nitrogens with zero attached hydrogens (tertiary/aromatic N) is 4. The third-order valence-electron chi connectivity index (χ3n) is 5.13. The smallest absolute Gasteiger partial charge is 0.383 e. The average Bonchev–Trinajstić information content (AvgIpc) is 2.78. The second-order valence-electron chi connectivity index (χ2n) is 7.57.